The van der Waals surface area contributed by atoms with E-state index in [1.54, 1.807) is 12.4 Å². The molecule has 4 rings (SSSR count). The molecule has 0 atom stereocenters. The first kappa shape index (κ1) is 13.1. The second-order valence-electron chi connectivity index (χ2n) is 5.72. The first-order valence-electron chi connectivity index (χ1n) is 7.48. The Balaban J connectivity index is 1.39. The van der Waals surface area contributed by atoms with Crippen LogP contribution in [0.4, 0.5) is 0 Å². The number of hydrogen-bond donors (Lipinski definition) is 0. The monoisotopic (exact) mass is 292 g/mol. The SMILES string of the molecule is O=C(OC1CC(c2ccccc2)C1)c1cc2cccn2cn1. The van der Waals surface area contributed by atoms with Crippen LogP contribution in [0, 0.1) is 0 Å². The van der Waals surface area contributed by atoms with Gasteiger partial charge in [-0.15, -0.1) is 0 Å². The van der Waals surface area contributed by atoms with E-state index in [4.69, 9.17) is 4.74 Å². The number of hydrogen-bond acceptors (Lipinski definition) is 3. The number of carbonyl (C=O) groups excluding carboxylic acids is 1. The number of rotatable bonds is 3. The van der Waals surface area contributed by atoms with Gasteiger partial charge in [0.1, 0.15) is 12.4 Å². The molecule has 0 N–H and O–H groups in total. The molecular weight excluding hydrogens is 276 g/mol. The summed E-state index contributed by atoms with van der Waals surface area (Å²) >= 11 is 0. The molecule has 4 nitrogen and oxygen atoms in total. The van der Waals surface area contributed by atoms with Crippen LogP contribution in [-0.4, -0.2) is 21.5 Å². The highest BCUT2D eigenvalue weighted by Crippen LogP contribution is 2.38. The van der Waals surface area contributed by atoms with Crippen LogP contribution in [0.5, 0.6) is 0 Å². The molecule has 1 fully saturated rings. The summed E-state index contributed by atoms with van der Waals surface area (Å²) in [5.41, 5.74) is 2.63. The second kappa shape index (κ2) is 5.30. The van der Waals surface area contributed by atoms with E-state index < -0.39 is 0 Å². The first-order valence-corrected chi connectivity index (χ1v) is 7.48. The van der Waals surface area contributed by atoms with Crippen molar-refractivity contribution in [3.8, 4) is 0 Å². The van der Waals surface area contributed by atoms with Gasteiger partial charge in [0.15, 0.2) is 5.69 Å². The summed E-state index contributed by atoms with van der Waals surface area (Å²) in [5.74, 6) is 0.167. The zero-order chi connectivity index (χ0) is 14.9. The van der Waals surface area contributed by atoms with Gasteiger partial charge in [0.2, 0.25) is 0 Å². The Morgan fingerprint density at radius 1 is 1.14 bits per heavy atom. The number of carbonyl (C=O) groups is 1. The van der Waals surface area contributed by atoms with Gasteiger partial charge in [-0.2, -0.15) is 0 Å². The van der Waals surface area contributed by atoms with E-state index in [0.29, 0.717) is 11.6 Å². The topological polar surface area (TPSA) is 43.6 Å². The summed E-state index contributed by atoms with van der Waals surface area (Å²) in [6.45, 7) is 0. The molecule has 1 saturated carbocycles. The quantitative estimate of drug-likeness (QED) is 0.695. The molecule has 0 unspecified atom stereocenters. The van der Waals surface area contributed by atoms with Crippen molar-refractivity contribution in [2.24, 2.45) is 0 Å². The minimum absolute atomic E-state index is 0.00233. The molecular formula is C18H16N2O2. The number of ether oxygens (including phenoxy) is 1. The number of esters is 1. The molecule has 0 bridgehead atoms. The van der Waals surface area contributed by atoms with Crippen LogP contribution < -0.4 is 0 Å². The Morgan fingerprint density at radius 3 is 2.77 bits per heavy atom. The number of fused-ring (bicyclic) bond motifs is 1. The van der Waals surface area contributed by atoms with Crippen molar-refractivity contribution < 1.29 is 9.53 Å². The fraction of sp³-hybridized carbons (Fsp3) is 0.222. The predicted octanol–water partition coefficient (Wildman–Crippen LogP) is 3.44. The van der Waals surface area contributed by atoms with Gasteiger partial charge in [-0.3, -0.25) is 0 Å². The van der Waals surface area contributed by atoms with Crippen LogP contribution in [0.1, 0.15) is 34.8 Å². The zero-order valence-electron chi connectivity index (χ0n) is 12.1. The molecule has 0 aliphatic heterocycles. The summed E-state index contributed by atoms with van der Waals surface area (Å²) in [6.07, 6.45) is 5.32. The first-order chi connectivity index (χ1) is 10.8. The Hall–Kier alpha value is -2.62. The second-order valence-corrected chi connectivity index (χ2v) is 5.72. The smallest absolute Gasteiger partial charge is 0.357 e. The van der Waals surface area contributed by atoms with Crippen molar-refractivity contribution in [3.05, 3.63) is 72.3 Å². The Kier molecular flexibility index (Phi) is 3.15. The molecule has 2 aromatic heterocycles. The van der Waals surface area contributed by atoms with Crippen LogP contribution in [0.15, 0.2) is 61.1 Å². The average molecular weight is 292 g/mol. The molecule has 0 spiro atoms. The highest BCUT2D eigenvalue weighted by molar-refractivity contribution is 5.88. The average Bonchev–Trinajstić information content (AvgIpc) is 2.98. The van der Waals surface area contributed by atoms with E-state index in [-0.39, 0.29) is 12.1 Å². The molecule has 22 heavy (non-hydrogen) atoms. The van der Waals surface area contributed by atoms with E-state index in [2.05, 4.69) is 17.1 Å². The van der Waals surface area contributed by atoms with Gasteiger partial charge in [0.25, 0.3) is 0 Å². The van der Waals surface area contributed by atoms with Gasteiger partial charge in [0.05, 0.1) is 0 Å². The standard InChI is InChI=1S/C18H16N2O2/c21-18(17-11-15-7-4-8-20(15)12-19-17)22-16-9-14(10-16)13-5-2-1-3-6-13/h1-8,11-12,14,16H,9-10H2. The molecule has 110 valence electrons. The molecule has 2 heterocycles. The fourth-order valence-electron chi connectivity index (χ4n) is 2.92. The van der Waals surface area contributed by atoms with Crippen molar-refractivity contribution in [3.63, 3.8) is 0 Å². The van der Waals surface area contributed by atoms with Gasteiger partial charge in [-0.25, -0.2) is 9.78 Å². The third kappa shape index (κ3) is 2.37. The van der Waals surface area contributed by atoms with Gasteiger partial charge in [-0.05, 0) is 42.5 Å². The Labute approximate surface area is 128 Å². The minimum atomic E-state index is -0.333. The highest BCUT2D eigenvalue weighted by atomic mass is 16.5. The summed E-state index contributed by atoms with van der Waals surface area (Å²) in [4.78, 5) is 16.3. The minimum Gasteiger partial charge on any atom is -0.458 e. The zero-order valence-corrected chi connectivity index (χ0v) is 12.1. The maximum absolute atomic E-state index is 12.2. The lowest BCUT2D eigenvalue weighted by Gasteiger charge is -2.34. The molecule has 3 aromatic rings. The van der Waals surface area contributed by atoms with Crippen molar-refractivity contribution in [1.29, 1.82) is 0 Å². The maximum atomic E-state index is 12.2. The van der Waals surface area contributed by atoms with Crippen LogP contribution in [-0.2, 0) is 4.74 Å². The molecule has 0 amide bonds. The molecule has 0 saturated heterocycles. The van der Waals surface area contributed by atoms with E-state index in [0.717, 1.165) is 18.4 Å². The van der Waals surface area contributed by atoms with Crippen molar-refractivity contribution in [1.82, 2.24) is 9.38 Å². The van der Waals surface area contributed by atoms with Gasteiger partial charge >= 0.3 is 5.97 Å². The molecule has 4 heteroatoms. The normalized spacial score (nSPS) is 20.5. The maximum Gasteiger partial charge on any atom is 0.357 e. The lowest BCUT2D eigenvalue weighted by Crippen LogP contribution is -2.32. The Morgan fingerprint density at radius 2 is 1.95 bits per heavy atom. The van der Waals surface area contributed by atoms with Gasteiger partial charge in [-0.1, -0.05) is 30.3 Å². The summed E-state index contributed by atoms with van der Waals surface area (Å²) in [5, 5.41) is 0. The largest absolute Gasteiger partial charge is 0.458 e. The van der Waals surface area contributed by atoms with Gasteiger partial charge < -0.3 is 9.14 Å². The highest BCUT2D eigenvalue weighted by Gasteiger charge is 2.33. The van der Waals surface area contributed by atoms with Crippen molar-refractivity contribution in [2.75, 3.05) is 0 Å². The van der Waals surface area contributed by atoms with Crippen LogP contribution >= 0.6 is 0 Å². The van der Waals surface area contributed by atoms with Crippen LogP contribution in [0.3, 0.4) is 0 Å². The predicted molar refractivity (Wildman–Crippen MR) is 82.8 cm³/mol. The van der Waals surface area contributed by atoms with E-state index in [1.807, 2.05) is 40.9 Å². The Bertz CT molecular complexity index is 804. The van der Waals surface area contributed by atoms with E-state index >= 15 is 0 Å². The lowest BCUT2D eigenvalue weighted by molar-refractivity contribution is 0.00148. The summed E-state index contributed by atoms with van der Waals surface area (Å²) < 4.78 is 7.41. The molecule has 1 aromatic carbocycles. The number of nitrogens with zero attached hydrogens (tertiary/aromatic N) is 2. The fourth-order valence-corrected chi connectivity index (χ4v) is 2.92. The van der Waals surface area contributed by atoms with Crippen molar-refractivity contribution >= 4 is 11.5 Å². The van der Waals surface area contributed by atoms with Gasteiger partial charge in [0, 0.05) is 11.7 Å². The third-order valence-electron chi connectivity index (χ3n) is 4.27. The van der Waals surface area contributed by atoms with Crippen LogP contribution in [0.25, 0.3) is 5.52 Å². The molecule has 1 aliphatic carbocycles. The number of benzene rings is 1. The van der Waals surface area contributed by atoms with E-state index in [1.165, 1.54) is 5.56 Å². The van der Waals surface area contributed by atoms with E-state index in [9.17, 15) is 4.79 Å². The van der Waals surface area contributed by atoms with Crippen LogP contribution in [0.2, 0.25) is 0 Å². The number of aromatic nitrogens is 2. The molecule has 0 radical (unpaired) electrons. The molecule has 1 aliphatic rings. The summed E-state index contributed by atoms with van der Waals surface area (Å²) in [6, 6.07) is 16.0. The lowest BCUT2D eigenvalue weighted by atomic mass is 9.77. The third-order valence-corrected chi connectivity index (χ3v) is 4.27. The van der Waals surface area contributed by atoms with Crippen molar-refractivity contribution in [2.45, 2.75) is 24.9 Å². The summed E-state index contributed by atoms with van der Waals surface area (Å²) in [7, 11) is 0.